The number of halogens is 3. The molecule has 1 aromatic heterocycles. The van der Waals surface area contributed by atoms with Crippen LogP contribution in [0, 0.1) is 0 Å². The lowest BCUT2D eigenvalue weighted by molar-refractivity contribution is 0.464. The van der Waals surface area contributed by atoms with Gasteiger partial charge in [-0.25, -0.2) is 0 Å². The second kappa shape index (κ2) is 7.02. The molecule has 0 amide bonds. The van der Waals surface area contributed by atoms with Crippen LogP contribution in [0.4, 0.5) is 5.82 Å². The highest BCUT2D eigenvalue weighted by Crippen LogP contribution is 2.33. The molecule has 0 aliphatic rings. The monoisotopic (exact) mass is 330 g/mol. The number of hydrogen-bond acceptors (Lipinski definition) is 3. The van der Waals surface area contributed by atoms with Crippen molar-refractivity contribution in [2.45, 2.75) is 13.3 Å². The lowest BCUT2D eigenvalue weighted by Gasteiger charge is -2.11. The van der Waals surface area contributed by atoms with Gasteiger partial charge in [-0.05, 0) is 30.7 Å². The van der Waals surface area contributed by atoms with Crippen LogP contribution in [0.25, 0.3) is 0 Å². The first-order valence-electron chi connectivity index (χ1n) is 6.13. The summed E-state index contributed by atoms with van der Waals surface area (Å²) in [5.74, 6) is 1.41. The average Bonchev–Trinajstić information content (AvgIpc) is 2.40. The molecule has 0 aliphatic heterocycles. The van der Waals surface area contributed by atoms with Gasteiger partial charge in [-0.2, -0.15) is 4.98 Å². The van der Waals surface area contributed by atoms with Crippen molar-refractivity contribution in [3.05, 3.63) is 45.4 Å². The molecule has 0 bridgehead atoms. The quantitative estimate of drug-likeness (QED) is 0.768. The second-order valence-electron chi connectivity index (χ2n) is 4.09. The van der Waals surface area contributed by atoms with Crippen LogP contribution in [-0.2, 0) is 0 Å². The van der Waals surface area contributed by atoms with Gasteiger partial charge in [0, 0.05) is 11.6 Å². The first-order valence-corrected chi connectivity index (χ1v) is 7.27. The summed E-state index contributed by atoms with van der Waals surface area (Å²) >= 11 is 18.1. The molecule has 1 N–H and O–H groups in total. The number of ether oxygens (including phenoxy) is 1. The third-order valence-corrected chi connectivity index (χ3v) is 3.24. The predicted molar refractivity (Wildman–Crippen MR) is 84.6 cm³/mol. The largest absolute Gasteiger partial charge is 0.437 e. The van der Waals surface area contributed by atoms with Crippen molar-refractivity contribution in [2.24, 2.45) is 0 Å². The van der Waals surface area contributed by atoms with E-state index in [1.165, 1.54) is 0 Å². The lowest BCUT2D eigenvalue weighted by atomic mass is 10.3. The summed E-state index contributed by atoms with van der Waals surface area (Å²) in [6.45, 7) is 2.82. The van der Waals surface area contributed by atoms with Crippen molar-refractivity contribution in [2.75, 3.05) is 11.9 Å². The smallest absolute Gasteiger partial charge is 0.240 e. The van der Waals surface area contributed by atoms with Crippen molar-refractivity contribution in [1.82, 2.24) is 4.98 Å². The number of aromatic nitrogens is 1. The lowest BCUT2D eigenvalue weighted by Crippen LogP contribution is -2.03. The van der Waals surface area contributed by atoms with Gasteiger partial charge in [-0.15, -0.1) is 0 Å². The molecule has 0 unspecified atom stereocenters. The van der Waals surface area contributed by atoms with Gasteiger partial charge in [0.05, 0.1) is 5.02 Å². The number of hydrogen-bond donors (Lipinski definition) is 1. The van der Waals surface area contributed by atoms with Gasteiger partial charge in [0.1, 0.15) is 16.6 Å². The Morgan fingerprint density at radius 3 is 2.65 bits per heavy atom. The van der Waals surface area contributed by atoms with Crippen LogP contribution in [0.2, 0.25) is 15.1 Å². The summed E-state index contributed by atoms with van der Waals surface area (Å²) in [6, 6.07) is 8.62. The van der Waals surface area contributed by atoms with Crippen LogP contribution in [-0.4, -0.2) is 11.5 Å². The van der Waals surface area contributed by atoms with Crippen molar-refractivity contribution >= 4 is 40.6 Å². The summed E-state index contributed by atoms with van der Waals surface area (Å²) in [4.78, 5) is 4.29. The Morgan fingerprint density at radius 1 is 1.15 bits per heavy atom. The molecule has 0 aliphatic carbocycles. The van der Waals surface area contributed by atoms with E-state index in [-0.39, 0.29) is 5.88 Å². The number of rotatable bonds is 5. The van der Waals surface area contributed by atoms with Gasteiger partial charge >= 0.3 is 0 Å². The fourth-order valence-corrected chi connectivity index (χ4v) is 2.18. The van der Waals surface area contributed by atoms with E-state index in [2.05, 4.69) is 17.2 Å². The first kappa shape index (κ1) is 15.2. The fraction of sp³-hybridized carbons (Fsp3) is 0.214. The van der Waals surface area contributed by atoms with Crippen molar-refractivity contribution in [1.29, 1.82) is 0 Å². The van der Waals surface area contributed by atoms with Crippen LogP contribution in [0.15, 0.2) is 30.3 Å². The zero-order chi connectivity index (χ0) is 14.5. The highest BCUT2D eigenvalue weighted by Gasteiger charge is 2.11. The Labute approximate surface area is 132 Å². The van der Waals surface area contributed by atoms with Crippen molar-refractivity contribution < 1.29 is 4.74 Å². The van der Waals surface area contributed by atoms with Crippen LogP contribution in [0.3, 0.4) is 0 Å². The molecule has 0 atom stereocenters. The van der Waals surface area contributed by atoms with E-state index < -0.39 is 0 Å². The van der Waals surface area contributed by atoms with E-state index in [0.717, 1.165) is 13.0 Å². The molecule has 0 saturated carbocycles. The molecule has 0 spiro atoms. The normalized spacial score (nSPS) is 10.4. The minimum absolute atomic E-state index is 0.289. The molecule has 2 rings (SSSR count). The van der Waals surface area contributed by atoms with Gasteiger partial charge in [0.25, 0.3) is 0 Å². The highest BCUT2D eigenvalue weighted by molar-refractivity contribution is 6.36. The van der Waals surface area contributed by atoms with Crippen molar-refractivity contribution in [3.63, 3.8) is 0 Å². The van der Waals surface area contributed by atoms with Crippen molar-refractivity contribution in [3.8, 4) is 11.6 Å². The van der Waals surface area contributed by atoms with Crippen LogP contribution in [0.1, 0.15) is 13.3 Å². The van der Waals surface area contributed by atoms with Gasteiger partial charge < -0.3 is 10.1 Å². The zero-order valence-electron chi connectivity index (χ0n) is 10.8. The summed E-state index contributed by atoms with van der Waals surface area (Å²) < 4.78 is 5.64. The topological polar surface area (TPSA) is 34.2 Å². The van der Waals surface area contributed by atoms with Gasteiger partial charge in [-0.3, -0.25) is 0 Å². The molecule has 0 radical (unpaired) electrons. The van der Waals surface area contributed by atoms with E-state index >= 15 is 0 Å². The van der Waals surface area contributed by atoms with E-state index in [1.807, 2.05) is 0 Å². The molecule has 3 nitrogen and oxygen atoms in total. The molecule has 1 heterocycles. The van der Waals surface area contributed by atoms with Gasteiger partial charge in [0.15, 0.2) is 0 Å². The Bertz CT molecular complexity index is 605. The van der Waals surface area contributed by atoms with E-state index in [9.17, 15) is 0 Å². The second-order valence-corrected chi connectivity index (χ2v) is 5.34. The molecular formula is C14H13Cl3N2O. The maximum Gasteiger partial charge on any atom is 0.240 e. The van der Waals surface area contributed by atoms with Crippen LogP contribution >= 0.6 is 34.8 Å². The average molecular weight is 332 g/mol. The Morgan fingerprint density at radius 2 is 1.95 bits per heavy atom. The molecule has 106 valence electrons. The van der Waals surface area contributed by atoms with E-state index in [1.54, 1.807) is 30.3 Å². The SMILES string of the molecule is CCCNc1nc(Oc2cccc(Cl)c2)c(Cl)cc1Cl. The zero-order valence-corrected chi connectivity index (χ0v) is 13.1. The Balaban J connectivity index is 2.26. The van der Waals surface area contributed by atoms with Gasteiger partial charge in [-0.1, -0.05) is 47.8 Å². The summed E-state index contributed by atoms with van der Waals surface area (Å²) in [7, 11) is 0. The van der Waals surface area contributed by atoms with Gasteiger partial charge in [0.2, 0.25) is 5.88 Å². The molecule has 1 aromatic carbocycles. The number of nitrogens with one attached hydrogen (secondary N) is 1. The summed E-state index contributed by atoms with van der Waals surface area (Å²) in [5, 5.41) is 4.50. The molecule has 0 saturated heterocycles. The highest BCUT2D eigenvalue weighted by atomic mass is 35.5. The third-order valence-electron chi connectivity index (χ3n) is 2.45. The minimum Gasteiger partial charge on any atom is -0.437 e. The third kappa shape index (κ3) is 3.92. The van der Waals surface area contributed by atoms with Crippen LogP contribution in [0.5, 0.6) is 11.6 Å². The van der Waals surface area contributed by atoms with E-state index in [4.69, 9.17) is 39.5 Å². The standard InChI is InChI=1S/C14H13Cl3N2O/c1-2-6-18-13-11(16)8-12(17)14(19-13)20-10-5-3-4-9(15)7-10/h3-5,7-8H,2,6H2,1H3,(H,18,19). The Kier molecular flexibility index (Phi) is 5.35. The maximum atomic E-state index is 6.09. The number of anilines is 1. The number of nitrogens with zero attached hydrogens (tertiary/aromatic N) is 1. The molecule has 0 fully saturated rings. The maximum absolute atomic E-state index is 6.09. The Hall–Kier alpha value is -1.16. The predicted octanol–water partition coefficient (Wildman–Crippen LogP) is 5.66. The number of benzene rings is 1. The van der Waals surface area contributed by atoms with Crippen LogP contribution < -0.4 is 10.1 Å². The summed E-state index contributed by atoms with van der Waals surface area (Å²) in [5.41, 5.74) is 0. The first-order chi connectivity index (χ1) is 9.60. The molecular weight excluding hydrogens is 319 g/mol. The minimum atomic E-state index is 0.289. The summed E-state index contributed by atoms with van der Waals surface area (Å²) in [6.07, 6.45) is 0.963. The van der Waals surface area contributed by atoms with E-state index in [0.29, 0.717) is 26.6 Å². The molecule has 2 aromatic rings. The molecule has 20 heavy (non-hydrogen) atoms. The number of pyridine rings is 1. The molecule has 6 heteroatoms. The fourth-order valence-electron chi connectivity index (χ4n) is 1.53.